The SMILES string of the molecule is CNc1nc(NCC(C)(C)CO)cc(C(F)(F)F)n1. The molecular weight excluding hydrogens is 261 g/mol. The average molecular weight is 278 g/mol. The summed E-state index contributed by atoms with van der Waals surface area (Å²) in [5, 5.41) is 14.3. The molecule has 8 heteroatoms. The van der Waals surface area contributed by atoms with Gasteiger partial charge in [0.25, 0.3) is 0 Å². The summed E-state index contributed by atoms with van der Waals surface area (Å²) in [6, 6.07) is 0.842. The lowest BCUT2D eigenvalue weighted by Gasteiger charge is -2.22. The highest BCUT2D eigenvalue weighted by molar-refractivity contribution is 5.43. The number of alkyl halides is 3. The topological polar surface area (TPSA) is 70.1 Å². The molecule has 1 heterocycles. The molecule has 0 atom stereocenters. The van der Waals surface area contributed by atoms with Crippen LogP contribution >= 0.6 is 0 Å². The van der Waals surface area contributed by atoms with E-state index in [1.165, 1.54) is 7.05 Å². The van der Waals surface area contributed by atoms with Crippen LogP contribution in [0.15, 0.2) is 6.07 Å². The molecule has 5 nitrogen and oxygen atoms in total. The summed E-state index contributed by atoms with van der Waals surface area (Å²) in [4.78, 5) is 7.24. The first-order valence-corrected chi connectivity index (χ1v) is 5.67. The number of hydrogen-bond donors (Lipinski definition) is 3. The van der Waals surface area contributed by atoms with Crippen LogP contribution in [-0.2, 0) is 6.18 Å². The molecule has 19 heavy (non-hydrogen) atoms. The predicted molar refractivity (Wildman–Crippen MR) is 65.9 cm³/mol. The molecule has 0 fully saturated rings. The van der Waals surface area contributed by atoms with E-state index in [1.54, 1.807) is 13.8 Å². The second-order valence-corrected chi connectivity index (χ2v) is 4.89. The minimum Gasteiger partial charge on any atom is -0.396 e. The molecular formula is C11H17F3N4O. The summed E-state index contributed by atoms with van der Waals surface area (Å²) in [7, 11) is 1.44. The first-order valence-electron chi connectivity index (χ1n) is 5.67. The van der Waals surface area contributed by atoms with Gasteiger partial charge in [0.2, 0.25) is 5.95 Å². The number of aliphatic hydroxyl groups is 1. The third kappa shape index (κ3) is 4.55. The van der Waals surface area contributed by atoms with Gasteiger partial charge in [0.1, 0.15) is 5.82 Å². The van der Waals surface area contributed by atoms with Gasteiger partial charge in [0.05, 0.1) is 0 Å². The number of anilines is 2. The minimum atomic E-state index is -4.53. The van der Waals surface area contributed by atoms with Crippen molar-refractivity contribution in [2.24, 2.45) is 5.41 Å². The largest absolute Gasteiger partial charge is 0.433 e. The van der Waals surface area contributed by atoms with E-state index in [0.717, 1.165) is 6.07 Å². The summed E-state index contributed by atoms with van der Waals surface area (Å²) >= 11 is 0. The van der Waals surface area contributed by atoms with Crippen molar-refractivity contribution < 1.29 is 18.3 Å². The van der Waals surface area contributed by atoms with Crippen molar-refractivity contribution >= 4 is 11.8 Å². The van der Waals surface area contributed by atoms with E-state index in [1.807, 2.05) is 0 Å². The molecule has 0 spiro atoms. The van der Waals surface area contributed by atoms with Crippen LogP contribution in [0.3, 0.4) is 0 Å². The molecule has 1 aromatic rings. The maximum atomic E-state index is 12.6. The number of hydrogen-bond acceptors (Lipinski definition) is 5. The Balaban J connectivity index is 2.95. The van der Waals surface area contributed by atoms with Crippen LogP contribution in [0.2, 0.25) is 0 Å². The third-order valence-corrected chi connectivity index (χ3v) is 2.42. The van der Waals surface area contributed by atoms with Crippen LogP contribution in [0.4, 0.5) is 24.9 Å². The maximum absolute atomic E-state index is 12.6. The molecule has 0 radical (unpaired) electrons. The molecule has 0 aromatic carbocycles. The zero-order chi connectivity index (χ0) is 14.7. The van der Waals surface area contributed by atoms with Gasteiger partial charge >= 0.3 is 6.18 Å². The number of nitrogens with one attached hydrogen (secondary N) is 2. The standard InChI is InChI=1S/C11H17F3N4O/c1-10(2,6-19)5-16-8-4-7(11(12,13)14)17-9(15-3)18-8/h4,19H,5-6H2,1-3H3,(H2,15,16,17,18). The minimum absolute atomic E-state index is 0.0631. The molecule has 0 saturated heterocycles. The van der Waals surface area contributed by atoms with Crippen LogP contribution in [0, 0.1) is 5.41 Å². The van der Waals surface area contributed by atoms with Crippen molar-refractivity contribution in [3.63, 3.8) is 0 Å². The molecule has 0 aliphatic rings. The number of halogens is 3. The summed E-state index contributed by atoms with van der Waals surface area (Å²) in [5.74, 6) is -0.0488. The van der Waals surface area contributed by atoms with Gasteiger partial charge in [0.15, 0.2) is 5.69 Å². The highest BCUT2D eigenvalue weighted by Crippen LogP contribution is 2.29. The lowest BCUT2D eigenvalue weighted by molar-refractivity contribution is -0.141. The van der Waals surface area contributed by atoms with E-state index in [9.17, 15) is 13.2 Å². The Labute approximate surface area is 109 Å². The van der Waals surface area contributed by atoms with Gasteiger partial charge < -0.3 is 15.7 Å². The second kappa shape index (κ2) is 5.60. The summed E-state index contributed by atoms with van der Waals surface area (Å²) in [6.07, 6.45) is -4.53. The van der Waals surface area contributed by atoms with E-state index in [-0.39, 0.29) is 18.4 Å². The van der Waals surface area contributed by atoms with Gasteiger partial charge in [0, 0.05) is 31.7 Å². The van der Waals surface area contributed by atoms with Crippen molar-refractivity contribution in [1.29, 1.82) is 0 Å². The number of aromatic nitrogens is 2. The van der Waals surface area contributed by atoms with Crippen molar-refractivity contribution in [3.05, 3.63) is 11.8 Å². The molecule has 1 aromatic heterocycles. The lowest BCUT2D eigenvalue weighted by Crippen LogP contribution is -2.27. The number of nitrogens with zero attached hydrogens (tertiary/aromatic N) is 2. The molecule has 108 valence electrons. The monoisotopic (exact) mass is 278 g/mol. The Morgan fingerprint density at radius 2 is 1.89 bits per heavy atom. The summed E-state index contributed by atoms with van der Waals surface area (Å²) in [6.45, 7) is 3.77. The quantitative estimate of drug-likeness (QED) is 0.768. The van der Waals surface area contributed by atoms with Crippen molar-refractivity contribution in [2.75, 3.05) is 30.8 Å². The Kier molecular flexibility index (Phi) is 4.56. The Morgan fingerprint density at radius 3 is 2.37 bits per heavy atom. The highest BCUT2D eigenvalue weighted by atomic mass is 19.4. The predicted octanol–water partition coefficient (Wildman–Crippen LogP) is 1.97. The van der Waals surface area contributed by atoms with E-state index in [0.29, 0.717) is 6.54 Å². The third-order valence-electron chi connectivity index (χ3n) is 2.42. The number of aliphatic hydroxyl groups excluding tert-OH is 1. The van der Waals surface area contributed by atoms with E-state index >= 15 is 0 Å². The second-order valence-electron chi connectivity index (χ2n) is 4.89. The van der Waals surface area contributed by atoms with Crippen LogP contribution in [-0.4, -0.2) is 35.3 Å². The molecule has 0 amide bonds. The van der Waals surface area contributed by atoms with Crippen molar-refractivity contribution in [2.45, 2.75) is 20.0 Å². The van der Waals surface area contributed by atoms with Gasteiger partial charge in [-0.05, 0) is 0 Å². The zero-order valence-electron chi connectivity index (χ0n) is 11.0. The molecule has 0 bridgehead atoms. The van der Waals surface area contributed by atoms with Gasteiger partial charge in [-0.25, -0.2) is 4.98 Å². The fourth-order valence-corrected chi connectivity index (χ4v) is 1.18. The summed E-state index contributed by atoms with van der Waals surface area (Å²) < 4.78 is 37.9. The van der Waals surface area contributed by atoms with Gasteiger partial charge in [-0.2, -0.15) is 18.2 Å². The molecule has 0 unspecified atom stereocenters. The normalized spacial score (nSPS) is 12.4. The first kappa shape index (κ1) is 15.5. The fraction of sp³-hybridized carbons (Fsp3) is 0.636. The zero-order valence-corrected chi connectivity index (χ0v) is 11.0. The van der Waals surface area contributed by atoms with Crippen LogP contribution in [0.25, 0.3) is 0 Å². The molecule has 0 saturated carbocycles. The van der Waals surface area contributed by atoms with Crippen LogP contribution in [0.1, 0.15) is 19.5 Å². The number of rotatable bonds is 5. The smallest absolute Gasteiger partial charge is 0.396 e. The average Bonchev–Trinajstić information content (AvgIpc) is 2.35. The van der Waals surface area contributed by atoms with Crippen molar-refractivity contribution in [1.82, 2.24) is 9.97 Å². The molecule has 3 N–H and O–H groups in total. The lowest BCUT2D eigenvalue weighted by atomic mass is 9.95. The molecule has 1 rings (SSSR count). The van der Waals surface area contributed by atoms with Gasteiger partial charge in [-0.15, -0.1) is 0 Å². The Morgan fingerprint density at radius 1 is 1.26 bits per heavy atom. The maximum Gasteiger partial charge on any atom is 0.433 e. The van der Waals surface area contributed by atoms with Crippen LogP contribution in [0.5, 0.6) is 0 Å². The van der Waals surface area contributed by atoms with Gasteiger partial charge in [-0.3, -0.25) is 0 Å². The Hall–Kier alpha value is -1.57. The van der Waals surface area contributed by atoms with Gasteiger partial charge in [-0.1, -0.05) is 13.8 Å². The highest BCUT2D eigenvalue weighted by Gasteiger charge is 2.33. The first-order chi connectivity index (χ1) is 8.68. The van der Waals surface area contributed by atoms with Crippen molar-refractivity contribution in [3.8, 4) is 0 Å². The molecule has 0 aliphatic carbocycles. The fourth-order valence-electron chi connectivity index (χ4n) is 1.18. The molecule has 0 aliphatic heterocycles. The van der Waals surface area contributed by atoms with Crippen LogP contribution < -0.4 is 10.6 Å². The Bertz CT molecular complexity index is 434. The van der Waals surface area contributed by atoms with E-state index < -0.39 is 17.3 Å². The summed E-state index contributed by atoms with van der Waals surface area (Å²) in [5.41, 5.74) is -1.47. The van der Waals surface area contributed by atoms with E-state index in [4.69, 9.17) is 5.11 Å². The van der Waals surface area contributed by atoms with E-state index in [2.05, 4.69) is 20.6 Å².